The Morgan fingerprint density at radius 3 is 2.58 bits per heavy atom. The smallest absolute Gasteiger partial charge is 0.264 e. The van der Waals surface area contributed by atoms with Crippen molar-refractivity contribution in [2.75, 3.05) is 46.3 Å². The summed E-state index contributed by atoms with van der Waals surface area (Å²) in [6.45, 7) is 3.15. The number of pyridine rings is 1. The first-order valence-corrected chi connectivity index (χ1v) is 12.6. The summed E-state index contributed by atoms with van der Waals surface area (Å²) in [4.78, 5) is 28.7. The number of hydrogen-bond donors (Lipinski definition) is 1. The van der Waals surface area contributed by atoms with Crippen LogP contribution in [0.4, 0.5) is 5.69 Å². The molecule has 1 atom stereocenters. The molecule has 5 rings (SSSR count). The molecule has 1 aliphatic rings. The van der Waals surface area contributed by atoms with Gasteiger partial charge in [-0.25, -0.2) is 0 Å². The lowest BCUT2D eigenvalue weighted by Gasteiger charge is -2.34. The van der Waals surface area contributed by atoms with Gasteiger partial charge in [0.25, 0.3) is 5.56 Å². The molecule has 0 spiro atoms. The summed E-state index contributed by atoms with van der Waals surface area (Å²) < 4.78 is 23.3. The molecule has 2 aromatic heterocycles. The number of methoxy groups -OCH3 is 3. The van der Waals surface area contributed by atoms with Crippen LogP contribution in [0.3, 0.4) is 0 Å². The van der Waals surface area contributed by atoms with Crippen LogP contribution in [0.25, 0.3) is 21.8 Å². The van der Waals surface area contributed by atoms with Crippen LogP contribution >= 0.6 is 11.6 Å². The SMILES string of the molecule is COc1cc(NC(=O)CN2CCCC(n3c(=O)c4c(C)onc4c4c(Cl)cccc43)C2)cc(OC)c1OC. The first kappa shape index (κ1) is 25.9. The zero-order valence-corrected chi connectivity index (χ0v) is 22.4. The number of nitrogens with one attached hydrogen (secondary N) is 1. The summed E-state index contributed by atoms with van der Waals surface area (Å²) >= 11 is 6.56. The standard InChI is InChI=1S/C27H29ClN4O6/c1-15-23-25(30-38-15)24-18(28)8-5-9-19(24)32(27(23)34)17-7-6-10-31(13-17)14-22(33)29-16-11-20(35-2)26(37-4)21(12-16)36-3/h5,8-9,11-12,17H,6-7,10,13-14H2,1-4H3,(H,29,33). The van der Waals surface area contributed by atoms with E-state index >= 15 is 0 Å². The van der Waals surface area contributed by atoms with Crippen molar-refractivity contribution in [3.05, 3.63) is 51.5 Å². The summed E-state index contributed by atoms with van der Waals surface area (Å²) in [5.74, 6) is 1.61. The molecule has 1 aliphatic heterocycles. The molecular formula is C27H29ClN4O6. The van der Waals surface area contributed by atoms with Gasteiger partial charge in [-0.05, 0) is 38.4 Å². The number of aryl methyl sites for hydroxylation is 1. The van der Waals surface area contributed by atoms with E-state index in [-0.39, 0.29) is 24.1 Å². The van der Waals surface area contributed by atoms with Gasteiger partial charge >= 0.3 is 0 Å². The van der Waals surface area contributed by atoms with Crippen molar-refractivity contribution >= 4 is 45.0 Å². The van der Waals surface area contributed by atoms with E-state index < -0.39 is 0 Å². The molecule has 3 heterocycles. The number of benzene rings is 2. The van der Waals surface area contributed by atoms with Gasteiger partial charge in [0.15, 0.2) is 11.5 Å². The van der Waals surface area contributed by atoms with Crippen LogP contribution < -0.4 is 25.1 Å². The number of amides is 1. The van der Waals surface area contributed by atoms with Crippen molar-refractivity contribution in [3.8, 4) is 17.2 Å². The topological polar surface area (TPSA) is 108 Å². The highest BCUT2D eigenvalue weighted by atomic mass is 35.5. The summed E-state index contributed by atoms with van der Waals surface area (Å²) in [5, 5.41) is 8.67. The van der Waals surface area contributed by atoms with Gasteiger partial charge in [-0.1, -0.05) is 22.8 Å². The van der Waals surface area contributed by atoms with Gasteiger partial charge in [0.1, 0.15) is 16.7 Å². The number of rotatable bonds is 7. The van der Waals surface area contributed by atoms with E-state index in [4.69, 9.17) is 30.3 Å². The van der Waals surface area contributed by atoms with Gasteiger partial charge in [0.2, 0.25) is 11.7 Å². The fourth-order valence-corrected chi connectivity index (χ4v) is 5.54. The minimum Gasteiger partial charge on any atom is -0.493 e. The Morgan fingerprint density at radius 1 is 1.16 bits per heavy atom. The minimum atomic E-state index is -0.189. The third-order valence-electron chi connectivity index (χ3n) is 6.94. The largest absolute Gasteiger partial charge is 0.493 e. The van der Waals surface area contributed by atoms with Crippen molar-refractivity contribution in [2.24, 2.45) is 0 Å². The molecule has 0 radical (unpaired) electrons. The Morgan fingerprint density at radius 2 is 1.89 bits per heavy atom. The summed E-state index contributed by atoms with van der Waals surface area (Å²) in [7, 11) is 4.57. The zero-order valence-electron chi connectivity index (χ0n) is 21.7. The molecule has 1 fully saturated rings. The van der Waals surface area contributed by atoms with Crippen LogP contribution in [0.1, 0.15) is 24.6 Å². The van der Waals surface area contributed by atoms with Crippen molar-refractivity contribution in [1.82, 2.24) is 14.6 Å². The summed E-state index contributed by atoms with van der Waals surface area (Å²) in [6, 6.07) is 8.70. The molecule has 1 N–H and O–H groups in total. The van der Waals surface area contributed by atoms with Gasteiger partial charge in [0, 0.05) is 29.8 Å². The Balaban J connectivity index is 1.40. The summed E-state index contributed by atoms with van der Waals surface area (Å²) in [5.41, 5.74) is 1.55. The van der Waals surface area contributed by atoms with Crippen LogP contribution in [0, 0.1) is 6.92 Å². The Labute approximate surface area is 224 Å². The van der Waals surface area contributed by atoms with Crippen molar-refractivity contribution in [2.45, 2.75) is 25.8 Å². The third-order valence-corrected chi connectivity index (χ3v) is 7.26. The Bertz CT molecular complexity index is 1550. The number of carbonyl (C=O) groups excluding carboxylic acids is 1. The van der Waals surface area contributed by atoms with E-state index in [1.54, 1.807) is 29.7 Å². The highest BCUT2D eigenvalue weighted by molar-refractivity contribution is 6.37. The molecule has 11 heteroatoms. The van der Waals surface area contributed by atoms with Crippen molar-refractivity contribution in [1.29, 1.82) is 0 Å². The predicted molar refractivity (Wildman–Crippen MR) is 145 cm³/mol. The first-order chi connectivity index (χ1) is 18.4. The van der Waals surface area contributed by atoms with Crippen LogP contribution in [-0.4, -0.2) is 61.5 Å². The average molecular weight is 541 g/mol. The highest BCUT2D eigenvalue weighted by Gasteiger charge is 2.28. The molecule has 0 aliphatic carbocycles. The molecule has 200 valence electrons. The number of carbonyl (C=O) groups is 1. The normalized spacial score (nSPS) is 16.1. The fraction of sp³-hybridized carbons (Fsp3) is 0.370. The van der Waals surface area contributed by atoms with Gasteiger partial charge in [-0.2, -0.15) is 0 Å². The van der Waals surface area contributed by atoms with Gasteiger partial charge < -0.3 is 28.6 Å². The highest BCUT2D eigenvalue weighted by Crippen LogP contribution is 2.40. The second kappa shape index (κ2) is 10.5. The molecule has 1 amide bonds. The van der Waals surface area contributed by atoms with Gasteiger partial charge in [0.05, 0.1) is 44.5 Å². The monoisotopic (exact) mass is 540 g/mol. The lowest BCUT2D eigenvalue weighted by Crippen LogP contribution is -2.43. The second-order valence-electron chi connectivity index (χ2n) is 9.26. The number of hydrogen-bond acceptors (Lipinski definition) is 8. The third kappa shape index (κ3) is 4.54. The lowest BCUT2D eigenvalue weighted by atomic mass is 10.0. The number of nitrogens with zero attached hydrogens (tertiary/aromatic N) is 3. The van der Waals surface area contributed by atoms with E-state index in [0.717, 1.165) is 19.4 Å². The number of anilines is 1. The van der Waals surface area contributed by atoms with E-state index in [1.807, 2.05) is 12.1 Å². The molecular weight excluding hydrogens is 512 g/mol. The fourth-order valence-electron chi connectivity index (χ4n) is 5.28. The Kier molecular flexibility index (Phi) is 7.18. The van der Waals surface area contributed by atoms with Crippen LogP contribution in [0.15, 0.2) is 39.6 Å². The van der Waals surface area contributed by atoms with E-state index in [0.29, 0.717) is 62.1 Å². The van der Waals surface area contributed by atoms with Crippen LogP contribution in [-0.2, 0) is 4.79 Å². The van der Waals surface area contributed by atoms with Gasteiger partial charge in [-0.3, -0.25) is 14.5 Å². The van der Waals surface area contributed by atoms with Crippen molar-refractivity contribution < 1.29 is 23.5 Å². The lowest BCUT2D eigenvalue weighted by molar-refractivity contribution is -0.117. The predicted octanol–water partition coefficient (Wildman–Crippen LogP) is 4.41. The minimum absolute atomic E-state index is 0.148. The van der Waals surface area contributed by atoms with Crippen molar-refractivity contribution in [3.63, 3.8) is 0 Å². The molecule has 0 bridgehead atoms. The van der Waals surface area contributed by atoms with E-state index in [1.165, 1.54) is 21.3 Å². The quantitative estimate of drug-likeness (QED) is 0.367. The van der Waals surface area contributed by atoms with Gasteiger partial charge in [-0.15, -0.1) is 0 Å². The molecule has 38 heavy (non-hydrogen) atoms. The molecule has 0 saturated carbocycles. The molecule has 4 aromatic rings. The second-order valence-corrected chi connectivity index (χ2v) is 9.67. The molecule has 1 unspecified atom stereocenters. The number of aromatic nitrogens is 2. The van der Waals surface area contributed by atoms with Crippen LogP contribution in [0.5, 0.6) is 17.2 Å². The maximum Gasteiger partial charge on any atom is 0.264 e. The Hall–Kier alpha value is -3.76. The maximum atomic E-state index is 13.7. The number of piperidine rings is 1. The first-order valence-electron chi connectivity index (χ1n) is 12.3. The molecule has 1 saturated heterocycles. The van der Waals surface area contributed by atoms with E-state index in [2.05, 4.69) is 15.4 Å². The number of likely N-dealkylation sites (tertiary alicyclic amines) is 1. The number of fused-ring (bicyclic) bond motifs is 3. The molecule has 10 nitrogen and oxygen atoms in total. The number of ether oxygens (including phenoxy) is 3. The maximum absolute atomic E-state index is 13.7. The van der Waals surface area contributed by atoms with E-state index in [9.17, 15) is 9.59 Å². The summed E-state index contributed by atoms with van der Waals surface area (Å²) in [6.07, 6.45) is 1.62. The van der Waals surface area contributed by atoms with Crippen LogP contribution in [0.2, 0.25) is 5.02 Å². The average Bonchev–Trinajstić information content (AvgIpc) is 3.29. The number of halogens is 1. The molecule has 2 aromatic carbocycles. The zero-order chi connectivity index (χ0) is 27.0.